The summed E-state index contributed by atoms with van der Waals surface area (Å²) in [6.07, 6.45) is -3.45. The lowest BCUT2D eigenvalue weighted by Gasteiger charge is -2.29. The van der Waals surface area contributed by atoms with Gasteiger partial charge in [-0.1, -0.05) is 6.92 Å². The molecule has 0 bridgehead atoms. The van der Waals surface area contributed by atoms with Crippen molar-refractivity contribution in [3.05, 3.63) is 0 Å². The van der Waals surface area contributed by atoms with E-state index in [2.05, 4.69) is 5.32 Å². The number of alkyl halides is 3. The Kier molecular flexibility index (Phi) is 3.55. The fraction of sp³-hybridized carbons (Fsp3) is 1.00. The van der Waals surface area contributed by atoms with E-state index < -0.39 is 12.7 Å². The Morgan fingerprint density at radius 2 is 2.15 bits per heavy atom. The number of halogens is 3. The van der Waals surface area contributed by atoms with E-state index in [1.54, 1.807) is 0 Å². The van der Waals surface area contributed by atoms with Crippen molar-refractivity contribution in [2.24, 2.45) is 5.92 Å². The zero-order chi connectivity index (χ0) is 9.90. The smallest absolute Gasteiger partial charge is 0.381 e. The lowest BCUT2D eigenvalue weighted by Crippen LogP contribution is -2.45. The van der Waals surface area contributed by atoms with Gasteiger partial charge in [0.1, 0.15) is 0 Å². The Labute approximate surface area is 75.4 Å². The molecule has 1 aliphatic rings. The number of rotatable bonds is 2. The van der Waals surface area contributed by atoms with Gasteiger partial charge in [0.2, 0.25) is 0 Å². The summed E-state index contributed by atoms with van der Waals surface area (Å²) in [5.74, 6) is 0.163. The van der Waals surface area contributed by atoms with Crippen molar-refractivity contribution in [1.82, 2.24) is 5.32 Å². The van der Waals surface area contributed by atoms with Gasteiger partial charge in [-0.2, -0.15) is 13.2 Å². The van der Waals surface area contributed by atoms with Crippen LogP contribution in [0.2, 0.25) is 0 Å². The van der Waals surface area contributed by atoms with Crippen LogP contribution in [0.4, 0.5) is 13.2 Å². The van der Waals surface area contributed by atoms with Crippen LogP contribution in [0.1, 0.15) is 13.3 Å². The Morgan fingerprint density at radius 3 is 2.69 bits per heavy atom. The number of ether oxygens (including phenoxy) is 1. The normalized spacial score (nSPS) is 30.5. The predicted molar refractivity (Wildman–Crippen MR) is 42.4 cm³/mol. The van der Waals surface area contributed by atoms with Crippen LogP contribution < -0.4 is 5.32 Å². The standard InChI is InChI=1S/C8H14F3NO/c1-6-4-13-3-2-7(6)12-5-8(9,10)11/h6-7,12H,2-5H2,1H3. The van der Waals surface area contributed by atoms with E-state index in [1.165, 1.54) is 0 Å². The van der Waals surface area contributed by atoms with E-state index in [9.17, 15) is 13.2 Å². The van der Waals surface area contributed by atoms with E-state index in [4.69, 9.17) is 4.74 Å². The highest BCUT2D eigenvalue weighted by Crippen LogP contribution is 2.17. The molecule has 0 amide bonds. The highest BCUT2D eigenvalue weighted by atomic mass is 19.4. The molecule has 1 saturated heterocycles. The molecule has 1 aliphatic heterocycles. The first-order chi connectivity index (χ1) is 5.99. The minimum atomic E-state index is -4.11. The maximum atomic E-state index is 11.8. The molecule has 0 aliphatic carbocycles. The van der Waals surface area contributed by atoms with E-state index in [0.717, 1.165) is 0 Å². The predicted octanol–water partition coefficient (Wildman–Crippen LogP) is 1.56. The molecule has 78 valence electrons. The molecule has 0 aromatic carbocycles. The quantitative estimate of drug-likeness (QED) is 0.725. The summed E-state index contributed by atoms with van der Waals surface area (Å²) < 4.78 is 40.7. The Morgan fingerprint density at radius 1 is 1.46 bits per heavy atom. The van der Waals surface area contributed by atoms with E-state index in [0.29, 0.717) is 19.6 Å². The summed E-state index contributed by atoms with van der Waals surface area (Å²) in [5, 5.41) is 2.51. The maximum absolute atomic E-state index is 11.8. The third kappa shape index (κ3) is 3.95. The molecule has 1 heterocycles. The largest absolute Gasteiger partial charge is 0.401 e. The molecule has 13 heavy (non-hydrogen) atoms. The van der Waals surface area contributed by atoms with Crippen molar-refractivity contribution >= 4 is 0 Å². The molecule has 0 aromatic rings. The molecule has 0 aromatic heterocycles. The summed E-state index contributed by atoms with van der Waals surface area (Å²) in [6.45, 7) is 2.10. The molecule has 2 unspecified atom stereocenters. The van der Waals surface area contributed by atoms with Gasteiger partial charge in [-0.15, -0.1) is 0 Å². The van der Waals surface area contributed by atoms with E-state index >= 15 is 0 Å². The third-order valence-corrected chi connectivity index (χ3v) is 2.21. The van der Waals surface area contributed by atoms with Crippen molar-refractivity contribution < 1.29 is 17.9 Å². The molecule has 5 heteroatoms. The molecule has 0 spiro atoms. The van der Waals surface area contributed by atoms with Crippen LogP contribution in [-0.4, -0.2) is 32.0 Å². The second-order valence-electron chi connectivity index (χ2n) is 3.44. The van der Waals surface area contributed by atoms with E-state index in [1.807, 2.05) is 6.92 Å². The monoisotopic (exact) mass is 197 g/mol. The van der Waals surface area contributed by atoms with Crippen molar-refractivity contribution in [3.8, 4) is 0 Å². The second-order valence-corrected chi connectivity index (χ2v) is 3.44. The van der Waals surface area contributed by atoms with Gasteiger partial charge in [-0.25, -0.2) is 0 Å². The number of nitrogens with one attached hydrogen (secondary N) is 1. The minimum Gasteiger partial charge on any atom is -0.381 e. The second kappa shape index (κ2) is 4.28. The SMILES string of the molecule is CC1COCCC1NCC(F)(F)F. The zero-order valence-electron chi connectivity index (χ0n) is 7.53. The summed E-state index contributed by atoms with van der Waals surface area (Å²) >= 11 is 0. The average molecular weight is 197 g/mol. The Balaban J connectivity index is 2.27. The van der Waals surface area contributed by atoms with Crippen molar-refractivity contribution in [3.63, 3.8) is 0 Å². The minimum absolute atomic E-state index is 0.0598. The summed E-state index contributed by atoms with van der Waals surface area (Å²) in [6, 6.07) is -0.0598. The van der Waals surface area contributed by atoms with Crippen LogP contribution in [0.25, 0.3) is 0 Å². The summed E-state index contributed by atoms with van der Waals surface area (Å²) in [4.78, 5) is 0. The first-order valence-corrected chi connectivity index (χ1v) is 4.37. The number of hydrogen-bond acceptors (Lipinski definition) is 2. The fourth-order valence-corrected chi connectivity index (χ4v) is 1.43. The van der Waals surface area contributed by atoms with Crippen LogP contribution in [0.3, 0.4) is 0 Å². The lowest BCUT2D eigenvalue weighted by molar-refractivity contribution is -0.128. The van der Waals surface area contributed by atoms with Gasteiger partial charge < -0.3 is 10.1 Å². The van der Waals surface area contributed by atoms with Gasteiger partial charge in [0.25, 0.3) is 0 Å². The molecule has 0 radical (unpaired) electrons. The highest BCUT2D eigenvalue weighted by molar-refractivity contribution is 4.77. The van der Waals surface area contributed by atoms with Crippen LogP contribution in [0.15, 0.2) is 0 Å². The van der Waals surface area contributed by atoms with Gasteiger partial charge in [-0.3, -0.25) is 0 Å². The average Bonchev–Trinajstić information content (AvgIpc) is 2.01. The van der Waals surface area contributed by atoms with Gasteiger partial charge in [0, 0.05) is 12.6 Å². The molecular weight excluding hydrogens is 183 g/mol. The Bertz CT molecular complexity index is 160. The molecule has 1 rings (SSSR count). The van der Waals surface area contributed by atoms with Crippen LogP contribution in [-0.2, 0) is 4.74 Å². The topological polar surface area (TPSA) is 21.3 Å². The first kappa shape index (κ1) is 10.8. The Hall–Kier alpha value is -0.290. The molecule has 1 N–H and O–H groups in total. The summed E-state index contributed by atoms with van der Waals surface area (Å²) in [7, 11) is 0. The molecule has 2 nitrogen and oxygen atoms in total. The first-order valence-electron chi connectivity index (χ1n) is 4.37. The van der Waals surface area contributed by atoms with Crippen molar-refractivity contribution in [1.29, 1.82) is 0 Å². The molecule has 2 atom stereocenters. The lowest BCUT2D eigenvalue weighted by atomic mass is 9.98. The zero-order valence-corrected chi connectivity index (χ0v) is 7.53. The number of hydrogen-bond donors (Lipinski definition) is 1. The van der Waals surface area contributed by atoms with Crippen LogP contribution >= 0.6 is 0 Å². The van der Waals surface area contributed by atoms with Crippen molar-refractivity contribution in [2.45, 2.75) is 25.6 Å². The maximum Gasteiger partial charge on any atom is 0.401 e. The van der Waals surface area contributed by atoms with Gasteiger partial charge >= 0.3 is 6.18 Å². The molecular formula is C8H14F3NO. The third-order valence-electron chi connectivity index (χ3n) is 2.21. The van der Waals surface area contributed by atoms with Crippen LogP contribution in [0, 0.1) is 5.92 Å². The van der Waals surface area contributed by atoms with Crippen LogP contribution in [0.5, 0.6) is 0 Å². The van der Waals surface area contributed by atoms with E-state index in [-0.39, 0.29) is 12.0 Å². The van der Waals surface area contributed by atoms with Gasteiger partial charge in [-0.05, 0) is 12.3 Å². The molecule has 0 saturated carbocycles. The van der Waals surface area contributed by atoms with Gasteiger partial charge in [0.15, 0.2) is 0 Å². The summed E-state index contributed by atoms with van der Waals surface area (Å²) in [5.41, 5.74) is 0. The van der Waals surface area contributed by atoms with Gasteiger partial charge in [0.05, 0.1) is 13.2 Å². The highest BCUT2D eigenvalue weighted by Gasteiger charge is 2.30. The fourth-order valence-electron chi connectivity index (χ4n) is 1.43. The molecule has 1 fully saturated rings. The van der Waals surface area contributed by atoms with Crippen molar-refractivity contribution in [2.75, 3.05) is 19.8 Å².